The molecule has 0 aliphatic carbocycles. The fraction of sp³-hybridized carbons (Fsp3) is 0.538. The number of amides is 2. The summed E-state index contributed by atoms with van der Waals surface area (Å²) in [7, 11) is 0. The van der Waals surface area contributed by atoms with E-state index in [4.69, 9.17) is 14.7 Å². The standard InChI is InChI=1S/C26H32N4O3/c1-17-5-7-19(8-6-17)16-30-23(31)10-9-21-18(2)27-24(28-25(21)30)20-11-13-29(14-12-20)26(32)22-4-3-15-33-22/h5-8,20,22H,3-4,9-16H2,1-2H3/t22-/m1/s1. The molecule has 0 radical (unpaired) electrons. The van der Waals surface area contributed by atoms with Gasteiger partial charge in [-0.05, 0) is 51.5 Å². The molecule has 0 unspecified atom stereocenters. The Labute approximate surface area is 195 Å². The quantitative estimate of drug-likeness (QED) is 0.716. The highest BCUT2D eigenvalue weighted by atomic mass is 16.5. The number of fused-ring (bicyclic) bond motifs is 1. The molecule has 1 aromatic carbocycles. The molecule has 1 aromatic heterocycles. The van der Waals surface area contributed by atoms with Crippen LogP contribution in [-0.2, 0) is 27.3 Å². The number of carbonyl (C=O) groups is 2. The summed E-state index contributed by atoms with van der Waals surface area (Å²) < 4.78 is 5.58. The van der Waals surface area contributed by atoms with Gasteiger partial charge in [-0.3, -0.25) is 14.5 Å². The van der Waals surface area contributed by atoms with Crippen LogP contribution in [-0.4, -0.2) is 52.5 Å². The number of anilines is 1. The van der Waals surface area contributed by atoms with Gasteiger partial charge in [0.05, 0.1) is 6.54 Å². The highest BCUT2D eigenvalue weighted by Gasteiger charge is 2.34. The van der Waals surface area contributed by atoms with E-state index in [1.54, 1.807) is 0 Å². The molecule has 0 N–H and O–H groups in total. The number of nitrogens with zero attached hydrogens (tertiary/aromatic N) is 4. The number of ether oxygens (including phenoxy) is 1. The van der Waals surface area contributed by atoms with Crippen LogP contribution >= 0.6 is 0 Å². The Morgan fingerprint density at radius 3 is 2.52 bits per heavy atom. The Kier molecular flexibility index (Phi) is 6.15. The lowest BCUT2D eigenvalue weighted by molar-refractivity contribution is -0.142. The molecule has 2 saturated heterocycles. The van der Waals surface area contributed by atoms with E-state index in [1.165, 1.54) is 5.56 Å². The first-order valence-electron chi connectivity index (χ1n) is 12.1. The molecule has 3 aliphatic heterocycles. The van der Waals surface area contributed by atoms with Crippen LogP contribution in [0, 0.1) is 13.8 Å². The lowest BCUT2D eigenvalue weighted by atomic mass is 9.94. The van der Waals surface area contributed by atoms with Gasteiger partial charge in [0.2, 0.25) is 5.91 Å². The van der Waals surface area contributed by atoms with Crippen LogP contribution in [0.2, 0.25) is 0 Å². The predicted molar refractivity (Wildman–Crippen MR) is 125 cm³/mol. The number of hydrogen-bond donors (Lipinski definition) is 0. The fourth-order valence-corrected chi connectivity index (χ4v) is 5.16. The average molecular weight is 449 g/mol. The molecule has 5 rings (SSSR count). The zero-order valence-electron chi connectivity index (χ0n) is 19.5. The molecule has 2 amide bonds. The van der Waals surface area contributed by atoms with Crippen LogP contribution in [0.25, 0.3) is 0 Å². The normalized spacial score (nSPS) is 21.4. The van der Waals surface area contributed by atoms with Crippen molar-refractivity contribution in [2.24, 2.45) is 0 Å². The lowest BCUT2D eigenvalue weighted by Crippen LogP contribution is -2.43. The third-order valence-corrected chi connectivity index (χ3v) is 7.19. The third-order valence-electron chi connectivity index (χ3n) is 7.19. The van der Waals surface area contributed by atoms with E-state index in [0.717, 1.165) is 54.1 Å². The van der Waals surface area contributed by atoms with E-state index in [1.807, 2.05) is 16.7 Å². The fourth-order valence-electron chi connectivity index (χ4n) is 5.16. The number of hydrogen-bond acceptors (Lipinski definition) is 5. The molecule has 0 bridgehead atoms. The van der Waals surface area contributed by atoms with Gasteiger partial charge in [0.1, 0.15) is 17.7 Å². The Morgan fingerprint density at radius 1 is 1.06 bits per heavy atom. The molecule has 2 aromatic rings. The van der Waals surface area contributed by atoms with Crippen molar-refractivity contribution in [3.63, 3.8) is 0 Å². The number of carbonyl (C=O) groups excluding carboxylic acids is 2. The predicted octanol–water partition coefficient (Wildman–Crippen LogP) is 3.46. The molecule has 0 spiro atoms. The van der Waals surface area contributed by atoms with E-state index < -0.39 is 0 Å². The summed E-state index contributed by atoms with van der Waals surface area (Å²) in [5.41, 5.74) is 4.35. The SMILES string of the molecule is Cc1ccc(CN2C(=O)CCc3c(C)nc(C4CCN(C(=O)[C@H]5CCCO5)CC4)nc32)cc1. The Balaban J connectivity index is 1.34. The van der Waals surface area contributed by atoms with Crippen LogP contribution in [0.4, 0.5) is 5.82 Å². The van der Waals surface area contributed by atoms with Gasteiger partial charge in [-0.25, -0.2) is 9.97 Å². The Hall–Kier alpha value is -2.80. The minimum atomic E-state index is -0.259. The van der Waals surface area contributed by atoms with E-state index in [2.05, 4.69) is 31.2 Å². The van der Waals surface area contributed by atoms with Crippen molar-refractivity contribution in [3.8, 4) is 0 Å². The second kappa shape index (κ2) is 9.21. The van der Waals surface area contributed by atoms with Gasteiger partial charge in [0.25, 0.3) is 5.91 Å². The minimum absolute atomic E-state index is 0.115. The van der Waals surface area contributed by atoms with Gasteiger partial charge in [-0.1, -0.05) is 29.8 Å². The number of aromatic nitrogens is 2. The highest BCUT2D eigenvalue weighted by molar-refractivity contribution is 5.95. The van der Waals surface area contributed by atoms with E-state index in [-0.39, 0.29) is 23.8 Å². The molecule has 3 aliphatic rings. The first-order valence-corrected chi connectivity index (χ1v) is 12.1. The van der Waals surface area contributed by atoms with Gasteiger partial charge in [0.15, 0.2) is 0 Å². The summed E-state index contributed by atoms with van der Waals surface area (Å²) in [6.45, 7) is 6.71. The molecular formula is C26H32N4O3. The molecule has 4 heterocycles. The summed E-state index contributed by atoms with van der Waals surface area (Å²) in [6.07, 6.45) is 4.39. The van der Waals surface area contributed by atoms with Crippen molar-refractivity contribution in [1.29, 1.82) is 0 Å². The molecule has 1 atom stereocenters. The van der Waals surface area contributed by atoms with Gasteiger partial charge < -0.3 is 9.64 Å². The molecule has 2 fully saturated rings. The third kappa shape index (κ3) is 4.51. The number of likely N-dealkylation sites (tertiary alicyclic amines) is 1. The van der Waals surface area contributed by atoms with Gasteiger partial charge in [-0.2, -0.15) is 0 Å². The van der Waals surface area contributed by atoms with E-state index >= 15 is 0 Å². The number of piperidine rings is 1. The van der Waals surface area contributed by atoms with Crippen molar-refractivity contribution in [2.45, 2.75) is 70.9 Å². The van der Waals surface area contributed by atoms with Crippen LogP contribution in [0.15, 0.2) is 24.3 Å². The van der Waals surface area contributed by atoms with E-state index in [9.17, 15) is 9.59 Å². The smallest absolute Gasteiger partial charge is 0.251 e. The highest BCUT2D eigenvalue weighted by Crippen LogP contribution is 2.33. The summed E-state index contributed by atoms with van der Waals surface area (Å²) in [4.78, 5) is 39.2. The number of benzene rings is 1. The number of aryl methyl sites for hydroxylation is 2. The van der Waals surface area contributed by atoms with Gasteiger partial charge >= 0.3 is 0 Å². The lowest BCUT2D eigenvalue weighted by Gasteiger charge is -2.34. The maximum Gasteiger partial charge on any atom is 0.251 e. The molecule has 0 saturated carbocycles. The zero-order valence-corrected chi connectivity index (χ0v) is 19.5. The van der Waals surface area contributed by atoms with Crippen molar-refractivity contribution < 1.29 is 14.3 Å². The molecule has 33 heavy (non-hydrogen) atoms. The number of rotatable bonds is 4. The van der Waals surface area contributed by atoms with Gasteiger partial charge in [-0.15, -0.1) is 0 Å². The molecule has 174 valence electrons. The molecule has 7 heteroatoms. The monoisotopic (exact) mass is 448 g/mol. The van der Waals surface area contributed by atoms with E-state index in [0.29, 0.717) is 39.1 Å². The van der Waals surface area contributed by atoms with Gasteiger partial charge in [0, 0.05) is 43.3 Å². The maximum atomic E-state index is 12.9. The van der Waals surface area contributed by atoms with Crippen molar-refractivity contribution >= 4 is 17.6 Å². The second-order valence-corrected chi connectivity index (χ2v) is 9.54. The maximum absolute atomic E-state index is 12.9. The van der Waals surface area contributed by atoms with Crippen LogP contribution in [0.5, 0.6) is 0 Å². The van der Waals surface area contributed by atoms with Crippen molar-refractivity contribution in [1.82, 2.24) is 14.9 Å². The van der Waals surface area contributed by atoms with Crippen molar-refractivity contribution in [2.75, 3.05) is 24.6 Å². The summed E-state index contributed by atoms with van der Waals surface area (Å²) in [5.74, 6) is 2.01. The van der Waals surface area contributed by atoms with Crippen LogP contribution < -0.4 is 4.90 Å². The van der Waals surface area contributed by atoms with Crippen molar-refractivity contribution in [3.05, 3.63) is 52.5 Å². The Morgan fingerprint density at radius 2 is 1.82 bits per heavy atom. The average Bonchev–Trinajstić information content (AvgIpc) is 3.37. The Bertz CT molecular complexity index is 1040. The summed E-state index contributed by atoms with van der Waals surface area (Å²) in [5, 5.41) is 0. The minimum Gasteiger partial charge on any atom is -0.368 e. The summed E-state index contributed by atoms with van der Waals surface area (Å²) in [6, 6.07) is 8.30. The van der Waals surface area contributed by atoms with Crippen LogP contribution in [0.1, 0.15) is 66.2 Å². The zero-order chi connectivity index (χ0) is 22.9. The first-order chi connectivity index (χ1) is 16.0. The summed E-state index contributed by atoms with van der Waals surface area (Å²) >= 11 is 0. The van der Waals surface area contributed by atoms with Crippen LogP contribution in [0.3, 0.4) is 0 Å². The first kappa shape index (κ1) is 22.0. The second-order valence-electron chi connectivity index (χ2n) is 9.54. The molecular weight excluding hydrogens is 416 g/mol. The molecule has 7 nitrogen and oxygen atoms in total. The largest absolute Gasteiger partial charge is 0.368 e. The topological polar surface area (TPSA) is 75.6 Å².